The molecule has 132 valence electrons. The molecule has 0 radical (unpaired) electrons. The topological polar surface area (TPSA) is 124 Å². The Balaban J connectivity index is 2.06. The minimum absolute atomic E-state index is 0.0217. The molecule has 1 heterocycles. The second kappa shape index (κ2) is 6.63. The second-order valence-corrected chi connectivity index (χ2v) is 8.73. The van der Waals surface area contributed by atoms with Crippen molar-refractivity contribution in [3.63, 3.8) is 0 Å². The number of hydrogen-bond acceptors (Lipinski definition) is 5. The van der Waals surface area contributed by atoms with Crippen molar-refractivity contribution in [1.29, 1.82) is 0 Å². The summed E-state index contributed by atoms with van der Waals surface area (Å²) in [5.41, 5.74) is 1.81. The summed E-state index contributed by atoms with van der Waals surface area (Å²) in [5.74, 6) is 0. The second-order valence-electron chi connectivity index (χ2n) is 5.46. The molecule has 0 unspecified atom stereocenters. The van der Waals surface area contributed by atoms with Crippen molar-refractivity contribution in [2.24, 2.45) is 12.2 Å². The summed E-state index contributed by atoms with van der Waals surface area (Å²) < 4.78 is 51.2. The molecule has 3 N–H and O–H groups in total. The summed E-state index contributed by atoms with van der Waals surface area (Å²) in [6.07, 6.45) is 0.419. The average Bonchev–Trinajstić information content (AvgIpc) is 2.72. The smallest absolute Gasteiger partial charge is 0.244 e. The predicted molar refractivity (Wildman–Crippen MR) is 89.4 cm³/mol. The van der Waals surface area contributed by atoms with E-state index in [4.69, 9.17) is 5.14 Å². The maximum Gasteiger partial charge on any atom is 0.244 e. The van der Waals surface area contributed by atoms with E-state index < -0.39 is 20.0 Å². The van der Waals surface area contributed by atoms with Crippen LogP contribution < -0.4 is 9.86 Å². The third-order valence-electron chi connectivity index (χ3n) is 3.67. The lowest BCUT2D eigenvalue weighted by Crippen LogP contribution is -2.27. The van der Waals surface area contributed by atoms with Crippen LogP contribution in [-0.4, -0.2) is 33.2 Å². The number of primary sulfonamides is 1. The zero-order valence-corrected chi connectivity index (χ0v) is 15.3. The van der Waals surface area contributed by atoms with Gasteiger partial charge in [-0.1, -0.05) is 12.1 Å². The van der Waals surface area contributed by atoms with Crippen molar-refractivity contribution in [2.45, 2.75) is 30.1 Å². The average molecular weight is 372 g/mol. The fraction of sp³-hybridized carbons (Fsp3) is 0.357. The van der Waals surface area contributed by atoms with Gasteiger partial charge in [-0.05, 0) is 38.0 Å². The molecule has 2 aromatic rings. The molecule has 0 saturated heterocycles. The molecule has 0 amide bonds. The van der Waals surface area contributed by atoms with E-state index in [-0.39, 0.29) is 16.3 Å². The Morgan fingerprint density at radius 1 is 1.12 bits per heavy atom. The number of nitrogens with zero attached hydrogens (tertiary/aromatic N) is 2. The molecule has 1 aromatic heterocycles. The summed E-state index contributed by atoms with van der Waals surface area (Å²) >= 11 is 0. The van der Waals surface area contributed by atoms with E-state index in [9.17, 15) is 16.8 Å². The Kier molecular flexibility index (Phi) is 5.14. The summed E-state index contributed by atoms with van der Waals surface area (Å²) in [4.78, 5) is 0.211. The number of hydrogen-bond donors (Lipinski definition) is 2. The molecule has 0 saturated carbocycles. The van der Waals surface area contributed by atoms with Gasteiger partial charge in [0.1, 0.15) is 4.90 Å². The minimum atomic E-state index is -3.73. The third kappa shape index (κ3) is 4.01. The van der Waals surface area contributed by atoms with Gasteiger partial charge >= 0.3 is 0 Å². The van der Waals surface area contributed by atoms with Crippen LogP contribution in [0, 0.1) is 13.8 Å². The van der Waals surface area contributed by atoms with Crippen molar-refractivity contribution in [2.75, 3.05) is 6.54 Å². The van der Waals surface area contributed by atoms with Gasteiger partial charge in [-0.2, -0.15) is 5.10 Å². The number of nitrogens with one attached hydrogen (secondary N) is 1. The van der Waals surface area contributed by atoms with Gasteiger partial charge in [0.25, 0.3) is 0 Å². The fourth-order valence-electron chi connectivity index (χ4n) is 2.39. The highest BCUT2D eigenvalue weighted by molar-refractivity contribution is 7.89. The molecule has 10 heteroatoms. The van der Waals surface area contributed by atoms with E-state index in [1.165, 1.54) is 16.8 Å². The largest absolute Gasteiger partial charge is 0.271 e. The van der Waals surface area contributed by atoms with E-state index in [1.54, 1.807) is 33.0 Å². The maximum atomic E-state index is 12.4. The zero-order valence-electron chi connectivity index (χ0n) is 13.6. The number of sulfonamides is 2. The van der Waals surface area contributed by atoms with E-state index in [0.717, 1.165) is 5.56 Å². The van der Waals surface area contributed by atoms with E-state index in [2.05, 4.69) is 9.82 Å². The molecule has 0 aliphatic heterocycles. The summed E-state index contributed by atoms with van der Waals surface area (Å²) in [6, 6.07) is 6.01. The summed E-state index contributed by atoms with van der Waals surface area (Å²) in [7, 11) is -5.69. The number of nitrogens with two attached hydrogens (primary N) is 1. The van der Waals surface area contributed by atoms with E-state index in [1.807, 2.05) is 0 Å². The Hall–Kier alpha value is -1.75. The quantitative estimate of drug-likeness (QED) is 0.750. The highest BCUT2D eigenvalue weighted by Crippen LogP contribution is 2.18. The van der Waals surface area contributed by atoms with Gasteiger partial charge < -0.3 is 0 Å². The fourth-order valence-corrected chi connectivity index (χ4v) is 4.37. The monoisotopic (exact) mass is 372 g/mol. The lowest BCUT2D eigenvalue weighted by atomic mass is 10.2. The van der Waals surface area contributed by atoms with Crippen LogP contribution >= 0.6 is 0 Å². The zero-order chi connectivity index (χ0) is 18.1. The Labute approximate surface area is 141 Å². The van der Waals surface area contributed by atoms with Crippen molar-refractivity contribution in [3.8, 4) is 0 Å². The standard InChI is InChI=1S/C14H20N4O4S2/c1-10-14(11(2)18(3)17-10)24(21,22)16-9-8-12-4-6-13(7-5-12)23(15,19)20/h4-7,16H,8-9H2,1-3H3,(H2,15,19,20). The van der Waals surface area contributed by atoms with Crippen LogP contribution in [0.1, 0.15) is 17.0 Å². The first-order valence-corrected chi connectivity index (χ1v) is 10.2. The third-order valence-corrected chi connectivity index (χ3v) is 6.31. The van der Waals surface area contributed by atoms with Crippen LogP contribution in [0.25, 0.3) is 0 Å². The van der Waals surface area contributed by atoms with Gasteiger partial charge in [-0.15, -0.1) is 0 Å². The number of rotatable bonds is 6. The van der Waals surface area contributed by atoms with Gasteiger partial charge in [0.2, 0.25) is 20.0 Å². The maximum absolute atomic E-state index is 12.4. The van der Waals surface area contributed by atoms with Crippen molar-refractivity contribution >= 4 is 20.0 Å². The van der Waals surface area contributed by atoms with Crippen LogP contribution in [0.15, 0.2) is 34.1 Å². The molecule has 0 atom stereocenters. The highest BCUT2D eigenvalue weighted by Gasteiger charge is 2.23. The first-order valence-electron chi connectivity index (χ1n) is 7.14. The first-order chi connectivity index (χ1) is 11.0. The van der Waals surface area contributed by atoms with Gasteiger partial charge in [0, 0.05) is 13.6 Å². The molecule has 0 spiro atoms. The van der Waals surface area contributed by atoms with E-state index in [0.29, 0.717) is 17.8 Å². The number of aryl methyl sites for hydroxylation is 2. The molecule has 0 bridgehead atoms. The van der Waals surface area contributed by atoms with Crippen molar-refractivity contribution in [1.82, 2.24) is 14.5 Å². The normalized spacial score (nSPS) is 12.5. The lowest BCUT2D eigenvalue weighted by Gasteiger charge is -2.08. The molecule has 1 aromatic carbocycles. The predicted octanol–water partition coefficient (Wildman–Crippen LogP) is 0.205. The number of aromatic nitrogens is 2. The van der Waals surface area contributed by atoms with E-state index >= 15 is 0 Å². The molecule has 2 rings (SSSR count). The Morgan fingerprint density at radius 3 is 2.17 bits per heavy atom. The summed E-state index contributed by atoms with van der Waals surface area (Å²) in [6.45, 7) is 3.53. The first kappa shape index (κ1) is 18.6. The lowest BCUT2D eigenvalue weighted by molar-refractivity contribution is 0.580. The van der Waals surface area contributed by atoms with Crippen LogP contribution in [0.3, 0.4) is 0 Å². The SMILES string of the molecule is Cc1nn(C)c(C)c1S(=O)(=O)NCCc1ccc(S(N)(=O)=O)cc1. The number of benzene rings is 1. The molecule has 0 fully saturated rings. The van der Waals surface area contributed by atoms with Crippen LogP contribution in [0.2, 0.25) is 0 Å². The van der Waals surface area contributed by atoms with Crippen LogP contribution in [0.5, 0.6) is 0 Å². The Morgan fingerprint density at radius 2 is 1.71 bits per heavy atom. The van der Waals surface area contributed by atoms with Crippen LogP contribution in [-0.2, 0) is 33.5 Å². The van der Waals surface area contributed by atoms with Gasteiger partial charge in [-0.3, -0.25) is 4.68 Å². The van der Waals surface area contributed by atoms with Crippen molar-refractivity contribution in [3.05, 3.63) is 41.2 Å². The Bertz CT molecular complexity index is 945. The molecule has 24 heavy (non-hydrogen) atoms. The van der Waals surface area contributed by atoms with Crippen LogP contribution in [0.4, 0.5) is 0 Å². The van der Waals surface area contributed by atoms with Gasteiger partial charge in [0.15, 0.2) is 0 Å². The van der Waals surface area contributed by atoms with Gasteiger partial charge in [0.05, 0.1) is 16.3 Å². The van der Waals surface area contributed by atoms with Gasteiger partial charge in [-0.25, -0.2) is 26.7 Å². The summed E-state index contributed by atoms with van der Waals surface area (Å²) in [5, 5.41) is 9.14. The molecule has 8 nitrogen and oxygen atoms in total. The molecular formula is C14H20N4O4S2. The molecule has 0 aliphatic carbocycles. The molecular weight excluding hydrogens is 352 g/mol. The van der Waals surface area contributed by atoms with Crippen molar-refractivity contribution < 1.29 is 16.8 Å². The molecule has 0 aliphatic rings. The highest BCUT2D eigenvalue weighted by atomic mass is 32.2. The minimum Gasteiger partial charge on any atom is -0.271 e.